The molecule has 0 aromatic heterocycles. The molecule has 0 saturated heterocycles. The Kier molecular flexibility index (Phi) is 10.9. The maximum Gasteiger partial charge on any atom is 0.414 e. The third-order valence-electron chi connectivity index (χ3n) is 8.07. The lowest BCUT2D eigenvalue weighted by molar-refractivity contribution is 0.0545. The number of alkyl carbamates (subject to hydrolysis) is 2. The second kappa shape index (κ2) is 15.1. The number of hydrogen-bond donors (Lipinski definition) is 2. The van der Waals surface area contributed by atoms with Gasteiger partial charge in [0, 0.05) is 11.5 Å². The molecule has 0 unspecified atom stereocenters. The van der Waals surface area contributed by atoms with Crippen LogP contribution in [0.5, 0.6) is 0 Å². The molecular formula is C39H48N6O5. The van der Waals surface area contributed by atoms with E-state index < -0.39 is 23.4 Å². The fourth-order valence-electron chi connectivity index (χ4n) is 5.97. The maximum atomic E-state index is 14.6. The average Bonchev–Trinajstić information content (AvgIpc) is 3.14. The number of carbonyl (C=O) groups excluding carboxylic acids is 3. The normalized spacial score (nSPS) is 15.3. The lowest BCUT2D eigenvalue weighted by atomic mass is 9.82. The second-order valence-corrected chi connectivity index (χ2v) is 14.7. The van der Waals surface area contributed by atoms with Gasteiger partial charge in [0.25, 0.3) is 0 Å². The van der Waals surface area contributed by atoms with Crippen LogP contribution in [0.3, 0.4) is 0 Å². The standard InChI is InChI=1S/C39H48N6O5/c1-26-18-23-31-32(24-26)45(37(48)44(25-27-14-10-8-11-15-27)43-33(31)28-16-12-9-13-17-28)30-21-19-29(20-22-30)40-34(41-35(46)49-38(2,3)4)42-36(47)50-39(5,6)7/h8,10-11,14-15,18-24,28H,9,12-13,16-17,25H2,1-7H3,(H2,40,41,42,46,47). The molecule has 3 aromatic rings. The van der Waals surface area contributed by atoms with Gasteiger partial charge in [0.05, 0.1) is 29.3 Å². The van der Waals surface area contributed by atoms with Crippen LogP contribution in [0.1, 0.15) is 90.3 Å². The Morgan fingerprint density at radius 1 is 0.840 bits per heavy atom. The van der Waals surface area contributed by atoms with Crippen LogP contribution in [-0.2, 0) is 16.0 Å². The maximum absolute atomic E-state index is 14.6. The number of carbonyl (C=O) groups is 3. The fraction of sp³-hybridized carbons (Fsp3) is 0.410. The first-order valence-electron chi connectivity index (χ1n) is 17.2. The van der Waals surface area contributed by atoms with Gasteiger partial charge in [-0.25, -0.2) is 24.4 Å². The number of guanidine groups is 1. The monoisotopic (exact) mass is 680 g/mol. The summed E-state index contributed by atoms with van der Waals surface area (Å²) in [6.07, 6.45) is 3.96. The summed E-state index contributed by atoms with van der Waals surface area (Å²) in [5, 5.41) is 11.7. The zero-order chi connectivity index (χ0) is 36.1. The molecule has 1 aliphatic carbocycles. The van der Waals surface area contributed by atoms with Crippen molar-refractivity contribution in [3.8, 4) is 0 Å². The predicted molar refractivity (Wildman–Crippen MR) is 196 cm³/mol. The van der Waals surface area contributed by atoms with Crippen LogP contribution in [0.15, 0.2) is 82.9 Å². The number of nitrogens with zero attached hydrogens (tertiary/aromatic N) is 4. The highest BCUT2D eigenvalue weighted by molar-refractivity contribution is 6.14. The zero-order valence-electron chi connectivity index (χ0n) is 30.1. The third kappa shape index (κ3) is 9.71. The Morgan fingerprint density at radius 3 is 2.02 bits per heavy atom. The van der Waals surface area contributed by atoms with Gasteiger partial charge in [-0.3, -0.25) is 15.5 Å². The number of anilines is 2. The van der Waals surface area contributed by atoms with Crippen LogP contribution >= 0.6 is 0 Å². The topological polar surface area (TPSA) is 125 Å². The van der Waals surface area contributed by atoms with Crippen molar-refractivity contribution in [2.75, 3.05) is 4.90 Å². The van der Waals surface area contributed by atoms with Gasteiger partial charge in [-0.1, -0.05) is 61.7 Å². The number of rotatable bonds is 5. The van der Waals surface area contributed by atoms with Crippen molar-refractivity contribution in [3.63, 3.8) is 0 Å². The van der Waals surface area contributed by atoms with Crippen LogP contribution in [-0.4, -0.2) is 46.1 Å². The highest BCUT2D eigenvalue weighted by Gasteiger charge is 2.34. The molecule has 1 saturated carbocycles. The number of fused-ring (bicyclic) bond motifs is 1. The van der Waals surface area contributed by atoms with E-state index in [-0.39, 0.29) is 17.9 Å². The fourth-order valence-corrected chi connectivity index (χ4v) is 5.97. The molecule has 0 atom stereocenters. The molecule has 2 aliphatic rings. The Bertz CT molecular complexity index is 1720. The largest absolute Gasteiger partial charge is 0.444 e. The Balaban J connectivity index is 1.52. The van der Waals surface area contributed by atoms with Crippen molar-refractivity contribution >= 4 is 47.0 Å². The van der Waals surface area contributed by atoms with Gasteiger partial charge in [-0.2, -0.15) is 5.10 Å². The van der Waals surface area contributed by atoms with Crippen molar-refractivity contribution in [2.24, 2.45) is 16.0 Å². The van der Waals surface area contributed by atoms with Gasteiger partial charge in [0.15, 0.2) is 0 Å². The van der Waals surface area contributed by atoms with Crippen molar-refractivity contribution < 1.29 is 23.9 Å². The summed E-state index contributed by atoms with van der Waals surface area (Å²) >= 11 is 0. The molecule has 11 nitrogen and oxygen atoms in total. The molecule has 50 heavy (non-hydrogen) atoms. The SMILES string of the molecule is Cc1ccc2c(c1)N(c1ccc(N=C(NC(=O)OC(C)(C)C)NC(=O)OC(C)(C)C)cc1)C(=O)N(Cc1ccccc1)N=C2C1CCCCC1. The van der Waals surface area contributed by atoms with Gasteiger partial charge in [0.2, 0.25) is 5.96 Å². The summed E-state index contributed by atoms with van der Waals surface area (Å²) in [7, 11) is 0. The van der Waals surface area contributed by atoms with Gasteiger partial charge in [-0.05, 0) is 103 Å². The van der Waals surface area contributed by atoms with Crippen LogP contribution in [0.25, 0.3) is 0 Å². The molecule has 0 radical (unpaired) electrons. The zero-order valence-corrected chi connectivity index (χ0v) is 30.1. The second-order valence-electron chi connectivity index (χ2n) is 14.7. The van der Waals surface area contributed by atoms with Crippen LogP contribution in [0.2, 0.25) is 0 Å². The summed E-state index contributed by atoms with van der Waals surface area (Å²) in [5.74, 6) is 0.0777. The highest BCUT2D eigenvalue weighted by Crippen LogP contribution is 2.38. The molecule has 1 fully saturated rings. The predicted octanol–water partition coefficient (Wildman–Crippen LogP) is 9.09. The lowest BCUT2D eigenvalue weighted by Gasteiger charge is -2.27. The number of hydrogen-bond acceptors (Lipinski definition) is 7. The van der Waals surface area contributed by atoms with Crippen molar-refractivity contribution in [2.45, 2.75) is 98.3 Å². The first-order valence-corrected chi connectivity index (χ1v) is 17.2. The van der Waals surface area contributed by atoms with Crippen LogP contribution in [0.4, 0.5) is 31.4 Å². The van der Waals surface area contributed by atoms with E-state index in [1.165, 1.54) is 6.42 Å². The van der Waals surface area contributed by atoms with Gasteiger partial charge >= 0.3 is 18.2 Å². The van der Waals surface area contributed by atoms with E-state index in [1.807, 2.05) is 43.3 Å². The number of ether oxygens (including phenoxy) is 2. The van der Waals surface area contributed by atoms with E-state index >= 15 is 0 Å². The summed E-state index contributed by atoms with van der Waals surface area (Å²) in [5.41, 5.74) is 4.12. The first kappa shape index (κ1) is 36.1. The molecule has 0 bridgehead atoms. The number of hydrazone groups is 1. The summed E-state index contributed by atoms with van der Waals surface area (Å²) in [6, 6.07) is 22.8. The van der Waals surface area contributed by atoms with Gasteiger partial charge < -0.3 is 9.47 Å². The molecule has 0 spiro atoms. The minimum atomic E-state index is -0.793. The minimum Gasteiger partial charge on any atom is -0.444 e. The van der Waals surface area contributed by atoms with Crippen molar-refractivity contribution in [1.29, 1.82) is 0 Å². The molecule has 1 heterocycles. The summed E-state index contributed by atoms with van der Waals surface area (Å²) in [4.78, 5) is 46.0. The van der Waals surface area contributed by atoms with Gasteiger partial charge in [-0.15, -0.1) is 0 Å². The number of benzene rings is 3. The molecule has 1 aliphatic heterocycles. The molecule has 11 heteroatoms. The molecule has 5 rings (SSSR count). The molecule has 264 valence electrons. The first-order chi connectivity index (χ1) is 23.6. The Labute approximate surface area is 294 Å². The minimum absolute atomic E-state index is 0.173. The van der Waals surface area contributed by atoms with Crippen molar-refractivity contribution in [3.05, 3.63) is 89.5 Å². The third-order valence-corrected chi connectivity index (χ3v) is 8.07. The van der Waals surface area contributed by atoms with E-state index in [4.69, 9.17) is 14.6 Å². The quantitative estimate of drug-likeness (QED) is 0.205. The Morgan fingerprint density at radius 2 is 1.44 bits per heavy atom. The number of amides is 4. The smallest absolute Gasteiger partial charge is 0.414 e. The van der Waals surface area contributed by atoms with E-state index in [1.54, 1.807) is 75.7 Å². The van der Waals surface area contributed by atoms with E-state index in [0.717, 1.165) is 53.8 Å². The van der Waals surface area contributed by atoms with E-state index in [0.29, 0.717) is 17.9 Å². The summed E-state index contributed by atoms with van der Waals surface area (Å²) < 4.78 is 10.8. The molecule has 3 aromatic carbocycles. The molecule has 4 amide bonds. The number of aryl methyl sites for hydroxylation is 1. The molecular weight excluding hydrogens is 632 g/mol. The van der Waals surface area contributed by atoms with E-state index in [2.05, 4.69) is 27.8 Å². The number of aliphatic imine (C=N–C) groups is 1. The van der Waals surface area contributed by atoms with Gasteiger partial charge in [0.1, 0.15) is 11.2 Å². The highest BCUT2D eigenvalue weighted by atomic mass is 16.6. The lowest BCUT2D eigenvalue weighted by Crippen LogP contribution is -2.47. The van der Waals surface area contributed by atoms with Crippen LogP contribution in [0, 0.1) is 12.8 Å². The van der Waals surface area contributed by atoms with Crippen LogP contribution < -0.4 is 15.5 Å². The van der Waals surface area contributed by atoms with E-state index in [9.17, 15) is 14.4 Å². The van der Waals surface area contributed by atoms with Crippen molar-refractivity contribution in [1.82, 2.24) is 15.6 Å². The summed E-state index contributed by atoms with van der Waals surface area (Å²) in [6.45, 7) is 12.7. The average molecular weight is 681 g/mol. The number of nitrogens with one attached hydrogen (secondary N) is 2. The molecule has 2 N–H and O–H groups in total. The number of urea groups is 1. The Hall–Kier alpha value is -5.19.